The summed E-state index contributed by atoms with van der Waals surface area (Å²) < 4.78 is 4.96. The summed E-state index contributed by atoms with van der Waals surface area (Å²) >= 11 is 0. The zero-order chi connectivity index (χ0) is 10.3. The zero-order valence-corrected chi connectivity index (χ0v) is 8.14. The van der Waals surface area contributed by atoms with Gasteiger partial charge in [-0.15, -0.1) is 0 Å². The van der Waals surface area contributed by atoms with E-state index in [1.165, 1.54) is 0 Å². The molecule has 1 aromatic rings. The Morgan fingerprint density at radius 1 is 1.47 bits per heavy atom. The highest BCUT2D eigenvalue weighted by atomic mass is 16.5. The molecule has 0 aromatic carbocycles. The Labute approximate surface area is 87.0 Å². The average molecular weight is 202 g/mol. The number of carbonyl (C=O) groups excluding carboxylic acids is 1. The maximum atomic E-state index is 11.3. The van der Waals surface area contributed by atoms with E-state index in [1.54, 1.807) is 12.4 Å². The summed E-state index contributed by atoms with van der Waals surface area (Å²) in [5.41, 5.74) is 1.76. The van der Waals surface area contributed by atoms with E-state index >= 15 is 0 Å². The molecule has 0 radical (unpaired) electrons. The van der Waals surface area contributed by atoms with Crippen molar-refractivity contribution in [1.82, 2.24) is 4.98 Å². The van der Waals surface area contributed by atoms with Crippen LogP contribution in [0.15, 0.2) is 23.5 Å². The standard InChI is InChI=1S/C11H10N2O2/c14-10-5-11(2-4-15-10)7-13-9-6-12-3-1-8(9)11/h1,3,6-7H,2,4-5H2. The quantitative estimate of drug-likeness (QED) is 0.597. The number of nitrogens with zero attached hydrogens (tertiary/aromatic N) is 2. The Morgan fingerprint density at radius 2 is 2.40 bits per heavy atom. The third-order valence-electron chi connectivity index (χ3n) is 3.06. The Bertz CT molecular complexity index is 456. The lowest BCUT2D eigenvalue weighted by Gasteiger charge is -2.30. The average Bonchev–Trinajstić information content (AvgIpc) is 2.59. The van der Waals surface area contributed by atoms with Gasteiger partial charge in [-0.1, -0.05) is 0 Å². The molecule has 0 aliphatic carbocycles. The van der Waals surface area contributed by atoms with Crippen LogP contribution in [0.2, 0.25) is 0 Å². The van der Waals surface area contributed by atoms with Crippen LogP contribution in [-0.4, -0.2) is 23.8 Å². The first-order valence-corrected chi connectivity index (χ1v) is 4.96. The number of fused-ring (bicyclic) bond motifs is 2. The van der Waals surface area contributed by atoms with Crippen LogP contribution < -0.4 is 0 Å². The van der Waals surface area contributed by atoms with Crippen molar-refractivity contribution in [3.63, 3.8) is 0 Å². The summed E-state index contributed by atoms with van der Waals surface area (Å²) in [5.74, 6) is -0.141. The first-order chi connectivity index (χ1) is 7.30. The highest BCUT2D eigenvalue weighted by Crippen LogP contribution is 2.42. The van der Waals surface area contributed by atoms with Crippen LogP contribution in [0.1, 0.15) is 18.4 Å². The molecule has 0 N–H and O–H groups in total. The second-order valence-electron chi connectivity index (χ2n) is 3.95. The number of pyridine rings is 1. The minimum absolute atomic E-state index is 0.141. The zero-order valence-electron chi connectivity index (χ0n) is 8.14. The van der Waals surface area contributed by atoms with Crippen LogP contribution in [0, 0.1) is 0 Å². The number of esters is 1. The molecule has 1 spiro atoms. The van der Waals surface area contributed by atoms with Crippen molar-refractivity contribution < 1.29 is 9.53 Å². The van der Waals surface area contributed by atoms with Crippen molar-refractivity contribution in [2.24, 2.45) is 4.99 Å². The highest BCUT2D eigenvalue weighted by molar-refractivity contribution is 5.90. The van der Waals surface area contributed by atoms with Gasteiger partial charge in [-0.05, 0) is 18.1 Å². The van der Waals surface area contributed by atoms with E-state index in [0.29, 0.717) is 13.0 Å². The molecule has 1 aromatic heterocycles. The van der Waals surface area contributed by atoms with Gasteiger partial charge in [0.15, 0.2) is 0 Å². The van der Waals surface area contributed by atoms with E-state index in [-0.39, 0.29) is 11.4 Å². The van der Waals surface area contributed by atoms with Crippen LogP contribution >= 0.6 is 0 Å². The Morgan fingerprint density at radius 3 is 3.27 bits per heavy atom. The normalized spacial score (nSPS) is 27.9. The van der Waals surface area contributed by atoms with E-state index in [0.717, 1.165) is 17.7 Å². The van der Waals surface area contributed by atoms with Crippen LogP contribution in [0.4, 0.5) is 5.69 Å². The molecule has 15 heavy (non-hydrogen) atoms. The minimum Gasteiger partial charge on any atom is -0.466 e. The van der Waals surface area contributed by atoms with E-state index in [4.69, 9.17) is 4.74 Å². The van der Waals surface area contributed by atoms with Crippen molar-refractivity contribution in [1.29, 1.82) is 0 Å². The predicted molar refractivity (Wildman–Crippen MR) is 54.3 cm³/mol. The molecule has 0 amide bonds. The Balaban J connectivity index is 2.08. The van der Waals surface area contributed by atoms with E-state index in [2.05, 4.69) is 9.98 Å². The summed E-state index contributed by atoms with van der Waals surface area (Å²) in [4.78, 5) is 19.7. The van der Waals surface area contributed by atoms with Gasteiger partial charge in [0.05, 0.1) is 24.9 Å². The molecular formula is C11H10N2O2. The molecule has 3 rings (SSSR count). The van der Waals surface area contributed by atoms with Gasteiger partial charge in [0.2, 0.25) is 0 Å². The van der Waals surface area contributed by atoms with Crippen LogP contribution in [0.5, 0.6) is 0 Å². The van der Waals surface area contributed by atoms with Gasteiger partial charge in [0.25, 0.3) is 0 Å². The molecule has 1 saturated heterocycles. The number of ether oxygens (including phenoxy) is 1. The molecule has 0 bridgehead atoms. The van der Waals surface area contributed by atoms with Crippen molar-refractivity contribution in [3.05, 3.63) is 24.0 Å². The first-order valence-electron chi connectivity index (χ1n) is 4.96. The molecule has 2 aliphatic rings. The number of hydrogen-bond acceptors (Lipinski definition) is 4. The number of rotatable bonds is 0. The van der Waals surface area contributed by atoms with Crippen molar-refractivity contribution in [2.45, 2.75) is 18.3 Å². The van der Waals surface area contributed by atoms with E-state index in [9.17, 15) is 4.79 Å². The van der Waals surface area contributed by atoms with Gasteiger partial charge in [-0.3, -0.25) is 14.8 Å². The van der Waals surface area contributed by atoms with Gasteiger partial charge in [-0.2, -0.15) is 0 Å². The number of cyclic esters (lactones) is 1. The van der Waals surface area contributed by atoms with Crippen LogP contribution in [-0.2, 0) is 14.9 Å². The molecule has 1 fully saturated rings. The van der Waals surface area contributed by atoms with Gasteiger partial charge >= 0.3 is 5.97 Å². The smallest absolute Gasteiger partial charge is 0.307 e. The first kappa shape index (κ1) is 8.59. The lowest BCUT2D eigenvalue weighted by Crippen LogP contribution is -2.36. The second-order valence-corrected chi connectivity index (χ2v) is 3.95. The van der Waals surface area contributed by atoms with Crippen molar-refractivity contribution in [2.75, 3.05) is 6.61 Å². The largest absolute Gasteiger partial charge is 0.466 e. The maximum Gasteiger partial charge on any atom is 0.307 e. The third kappa shape index (κ3) is 1.17. The third-order valence-corrected chi connectivity index (χ3v) is 3.06. The van der Waals surface area contributed by atoms with Crippen LogP contribution in [0.25, 0.3) is 0 Å². The van der Waals surface area contributed by atoms with E-state index in [1.807, 2.05) is 12.3 Å². The highest BCUT2D eigenvalue weighted by Gasteiger charge is 2.41. The lowest BCUT2D eigenvalue weighted by molar-refractivity contribution is -0.148. The minimum atomic E-state index is -0.229. The summed E-state index contributed by atoms with van der Waals surface area (Å²) in [7, 11) is 0. The molecule has 2 aliphatic heterocycles. The topological polar surface area (TPSA) is 51.5 Å². The maximum absolute atomic E-state index is 11.3. The van der Waals surface area contributed by atoms with Crippen LogP contribution in [0.3, 0.4) is 0 Å². The predicted octanol–water partition coefficient (Wildman–Crippen LogP) is 1.37. The molecule has 0 saturated carbocycles. The van der Waals surface area contributed by atoms with Gasteiger partial charge in [-0.25, -0.2) is 0 Å². The Hall–Kier alpha value is -1.71. The van der Waals surface area contributed by atoms with Gasteiger partial charge in [0, 0.05) is 17.8 Å². The molecule has 76 valence electrons. The number of aromatic nitrogens is 1. The second kappa shape index (κ2) is 2.89. The fraction of sp³-hybridized carbons (Fsp3) is 0.364. The van der Waals surface area contributed by atoms with Gasteiger partial charge < -0.3 is 4.74 Å². The molecule has 4 nitrogen and oxygen atoms in total. The molecule has 3 heterocycles. The summed E-state index contributed by atoms with van der Waals surface area (Å²) in [5, 5.41) is 0. The van der Waals surface area contributed by atoms with Crippen molar-refractivity contribution in [3.8, 4) is 0 Å². The molecule has 1 unspecified atom stereocenters. The van der Waals surface area contributed by atoms with Gasteiger partial charge in [0.1, 0.15) is 0 Å². The fourth-order valence-electron chi connectivity index (χ4n) is 2.26. The summed E-state index contributed by atoms with van der Waals surface area (Å²) in [6, 6.07) is 1.95. The van der Waals surface area contributed by atoms with E-state index < -0.39 is 0 Å². The SMILES string of the molecule is O=C1CC2(C=Nc3cnccc32)CCO1. The summed E-state index contributed by atoms with van der Waals surface area (Å²) in [6.07, 6.45) is 6.57. The van der Waals surface area contributed by atoms with Crippen molar-refractivity contribution >= 4 is 17.9 Å². The number of hydrogen-bond donors (Lipinski definition) is 0. The lowest BCUT2D eigenvalue weighted by atomic mass is 9.76. The number of carbonyl (C=O) groups is 1. The molecule has 1 atom stereocenters. The number of aliphatic imine (C=N–C) groups is 1. The molecule has 4 heteroatoms. The fourth-order valence-corrected chi connectivity index (χ4v) is 2.26. The monoisotopic (exact) mass is 202 g/mol. The summed E-state index contributed by atoms with van der Waals surface area (Å²) in [6.45, 7) is 0.479. The molecular weight excluding hydrogens is 192 g/mol. The Kier molecular flexibility index (Phi) is 1.65.